The minimum Gasteiger partial charge on any atom is -0.391 e. The van der Waals surface area contributed by atoms with Crippen LogP contribution in [0.25, 0.3) is 10.4 Å². The number of thiophene rings is 1. The number of hydrogen-bond donors (Lipinski definition) is 3. The Morgan fingerprint density at radius 3 is 2.38 bits per heavy atom. The molecule has 214 valence electrons. The number of β-amino-alcohol motifs (C(OH)–C–C–N with tert-alkyl or cyclic N) is 1. The lowest BCUT2D eigenvalue weighted by Gasteiger charge is -2.35. The quantitative estimate of drug-likeness (QED) is 0.233. The summed E-state index contributed by atoms with van der Waals surface area (Å²) in [6.45, 7) is 9.75. The van der Waals surface area contributed by atoms with Crippen LogP contribution >= 0.6 is 27.3 Å². The average Bonchev–Trinajstić information content (AvgIpc) is 3.49. The van der Waals surface area contributed by atoms with Gasteiger partial charge in [-0.15, -0.1) is 11.3 Å². The molecule has 1 aliphatic heterocycles. The van der Waals surface area contributed by atoms with Crippen LogP contribution in [-0.4, -0.2) is 57.8 Å². The summed E-state index contributed by atoms with van der Waals surface area (Å²) in [6, 6.07) is 8.36. The van der Waals surface area contributed by atoms with Gasteiger partial charge in [0, 0.05) is 29.6 Å². The molecule has 7 nitrogen and oxygen atoms in total. The molecule has 1 aromatic carbocycles. The van der Waals surface area contributed by atoms with E-state index in [9.17, 15) is 19.5 Å². The highest BCUT2D eigenvalue weighted by Crippen LogP contribution is 2.30. The average molecular weight is 621 g/mol. The molecule has 2 aromatic rings. The van der Waals surface area contributed by atoms with Gasteiger partial charge in [0.15, 0.2) is 0 Å². The number of carbonyl (C=O) groups excluding carboxylic acids is 3. The van der Waals surface area contributed by atoms with Crippen LogP contribution in [-0.2, 0) is 14.4 Å². The Hall–Kier alpha value is -2.23. The van der Waals surface area contributed by atoms with Crippen molar-refractivity contribution in [3.8, 4) is 10.4 Å². The normalized spacial score (nSPS) is 19.0. The molecule has 0 saturated carbocycles. The van der Waals surface area contributed by atoms with Gasteiger partial charge in [-0.3, -0.25) is 14.4 Å². The van der Waals surface area contributed by atoms with Crippen LogP contribution < -0.4 is 10.6 Å². The van der Waals surface area contributed by atoms with Gasteiger partial charge in [-0.2, -0.15) is 0 Å². The molecular formula is C30H42BrN3O4S. The third kappa shape index (κ3) is 8.38. The summed E-state index contributed by atoms with van der Waals surface area (Å²) < 4.78 is 0. The second-order valence-electron chi connectivity index (χ2n) is 11.5. The lowest BCUT2D eigenvalue weighted by Crippen LogP contribution is -2.57. The van der Waals surface area contributed by atoms with Gasteiger partial charge in [0.2, 0.25) is 17.7 Å². The molecule has 0 spiro atoms. The van der Waals surface area contributed by atoms with Gasteiger partial charge in [0.05, 0.1) is 12.1 Å². The number of benzene rings is 1. The first kappa shape index (κ1) is 31.3. The Morgan fingerprint density at radius 1 is 1.10 bits per heavy atom. The van der Waals surface area contributed by atoms with Crippen molar-refractivity contribution in [1.29, 1.82) is 0 Å². The predicted molar refractivity (Wildman–Crippen MR) is 161 cm³/mol. The molecule has 39 heavy (non-hydrogen) atoms. The molecule has 4 atom stereocenters. The summed E-state index contributed by atoms with van der Waals surface area (Å²) in [5, 5.41) is 19.4. The number of carbonyl (C=O) groups is 3. The number of unbranched alkanes of at least 4 members (excludes halogenated alkanes) is 2. The van der Waals surface area contributed by atoms with Gasteiger partial charge in [-0.1, -0.05) is 67.4 Å². The number of halogens is 1. The standard InChI is InChI=1S/C30H42BrN3O4S/c1-19-14-16-39-26(19)22-12-10-21(11-13-22)20(2)32-28(37)24-17-23(35)18-34(24)29(38)27(30(3,4)5)33-25(36)9-7-6-8-15-31/h10-14,16,20,23-24,27,35H,6-9,15,17-18H2,1-5H3,(H,32,37)(H,33,36)/t20-,23+,24-,27?/m0/s1. The minimum atomic E-state index is -0.802. The van der Waals surface area contributed by atoms with Crippen molar-refractivity contribution in [2.75, 3.05) is 11.9 Å². The van der Waals surface area contributed by atoms with E-state index in [-0.39, 0.29) is 36.7 Å². The molecule has 1 saturated heterocycles. The maximum Gasteiger partial charge on any atom is 0.246 e. The summed E-state index contributed by atoms with van der Waals surface area (Å²) in [7, 11) is 0. The van der Waals surface area contributed by atoms with Crippen molar-refractivity contribution in [1.82, 2.24) is 15.5 Å². The van der Waals surface area contributed by atoms with Crippen LogP contribution in [0.15, 0.2) is 35.7 Å². The fourth-order valence-electron chi connectivity index (χ4n) is 4.89. The summed E-state index contributed by atoms with van der Waals surface area (Å²) >= 11 is 5.10. The third-order valence-corrected chi connectivity index (χ3v) is 8.84. The van der Waals surface area contributed by atoms with E-state index in [0.29, 0.717) is 6.42 Å². The second-order valence-corrected chi connectivity index (χ2v) is 13.3. The van der Waals surface area contributed by atoms with Crippen LogP contribution in [0.4, 0.5) is 0 Å². The molecule has 1 unspecified atom stereocenters. The molecule has 1 aromatic heterocycles. The van der Waals surface area contributed by atoms with E-state index in [2.05, 4.69) is 57.1 Å². The zero-order chi connectivity index (χ0) is 28.7. The highest BCUT2D eigenvalue weighted by molar-refractivity contribution is 9.09. The highest BCUT2D eigenvalue weighted by atomic mass is 79.9. The van der Waals surface area contributed by atoms with Crippen LogP contribution in [0.5, 0.6) is 0 Å². The lowest BCUT2D eigenvalue weighted by atomic mass is 9.85. The van der Waals surface area contributed by atoms with E-state index in [1.807, 2.05) is 39.8 Å². The Bertz CT molecular complexity index is 1130. The van der Waals surface area contributed by atoms with Crippen LogP contribution in [0, 0.1) is 12.3 Å². The SMILES string of the molecule is Cc1ccsc1-c1ccc([C@H](C)NC(=O)[C@@H]2C[C@@H](O)CN2C(=O)C(NC(=O)CCCCCBr)C(C)(C)C)cc1. The molecular weight excluding hydrogens is 578 g/mol. The number of nitrogens with zero attached hydrogens (tertiary/aromatic N) is 1. The number of hydrogen-bond acceptors (Lipinski definition) is 5. The Morgan fingerprint density at radius 2 is 1.79 bits per heavy atom. The van der Waals surface area contributed by atoms with Crippen molar-refractivity contribution in [2.24, 2.45) is 5.41 Å². The first-order valence-corrected chi connectivity index (χ1v) is 15.7. The zero-order valence-corrected chi connectivity index (χ0v) is 26.0. The maximum atomic E-state index is 13.7. The highest BCUT2D eigenvalue weighted by Gasteiger charge is 2.44. The molecule has 0 bridgehead atoms. The van der Waals surface area contributed by atoms with E-state index in [4.69, 9.17) is 0 Å². The number of likely N-dealkylation sites (tertiary alicyclic amines) is 1. The number of nitrogens with one attached hydrogen (secondary N) is 2. The fourth-order valence-corrected chi connectivity index (χ4v) is 6.23. The van der Waals surface area contributed by atoms with Gasteiger partial charge in [-0.05, 0) is 60.2 Å². The van der Waals surface area contributed by atoms with Crippen molar-refractivity contribution in [2.45, 2.75) is 91.0 Å². The molecule has 3 N–H and O–H groups in total. The van der Waals surface area contributed by atoms with E-state index in [1.54, 1.807) is 11.3 Å². The number of aryl methyl sites for hydroxylation is 1. The minimum absolute atomic E-state index is 0.0634. The summed E-state index contributed by atoms with van der Waals surface area (Å²) in [5.41, 5.74) is 2.77. The molecule has 1 aliphatic rings. The Labute approximate surface area is 244 Å². The molecule has 3 amide bonds. The monoisotopic (exact) mass is 619 g/mol. The lowest BCUT2D eigenvalue weighted by molar-refractivity contribution is -0.144. The van der Waals surface area contributed by atoms with Crippen LogP contribution in [0.2, 0.25) is 0 Å². The number of aliphatic hydroxyl groups is 1. The molecule has 2 heterocycles. The second kappa shape index (κ2) is 13.9. The first-order chi connectivity index (χ1) is 18.4. The van der Waals surface area contributed by atoms with Gasteiger partial charge < -0.3 is 20.6 Å². The molecule has 0 radical (unpaired) electrons. The molecule has 1 fully saturated rings. The number of alkyl halides is 1. The van der Waals surface area contributed by atoms with Crippen LogP contribution in [0.1, 0.15) is 77.0 Å². The predicted octanol–water partition coefficient (Wildman–Crippen LogP) is 5.35. The van der Waals surface area contributed by atoms with Crippen molar-refractivity contribution < 1.29 is 19.5 Å². The number of aliphatic hydroxyl groups excluding tert-OH is 1. The largest absolute Gasteiger partial charge is 0.391 e. The summed E-state index contributed by atoms with van der Waals surface area (Å²) in [6.07, 6.45) is 2.40. The van der Waals surface area contributed by atoms with E-state index in [1.165, 1.54) is 15.3 Å². The smallest absolute Gasteiger partial charge is 0.246 e. The Balaban J connectivity index is 1.68. The van der Waals surface area contributed by atoms with Gasteiger partial charge in [0.1, 0.15) is 12.1 Å². The van der Waals surface area contributed by atoms with Gasteiger partial charge >= 0.3 is 0 Å². The molecule has 9 heteroatoms. The van der Waals surface area contributed by atoms with Crippen molar-refractivity contribution in [3.63, 3.8) is 0 Å². The first-order valence-electron chi connectivity index (χ1n) is 13.7. The Kier molecular flexibility index (Phi) is 11.2. The van der Waals surface area contributed by atoms with E-state index in [0.717, 1.165) is 35.7 Å². The van der Waals surface area contributed by atoms with E-state index >= 15 is 0 Å². The maximum absolute atomic E-state index is 13.7. The summed E-state index contributed by atoms with van der Waals surface area (Å²) in [4.78, 5) is 42.4. The van der Waals surface area contributed by atoms with Gasteiger partial charge in [-0.25, -0.2) is 0 Å². The van der Waals surface area contributed by atoms with Crippen molar-refractivity contribution >= 4 is 45.0 Å². The number of amides is 3. The van der Waals surface area contributed by atoms with E-state index < -0.39 is 23.6 Å². The van der Waals surface area contributed by atoms with Gasteiger partial charge in [0.25, 0.3) is 0 Å². The third-order valence-electron chi connectivity index (χ3n) is 7.21. The van der Waals surface area contributed by atoms with Crippen molar-refractivity contribution in [3.05, 3.63) is 46.8 Å². The fraction of sp³-hybridized carbons (Fsp3) is 0.567. The van der Waals surface area contributed by atoms with Crippen LogP contribution in [0.3, 0.4) is 0 Å². The zero-order valence-electron chi connectivity index (χ0n) is 23.6. The number of rotatable bonds is 11. The molecule has 0 aliphatic carbocycles. The molecule has 3 rings (SSSR count). The topological polar surface area (TPSA) is 98.7 Å². The summed E-state index contributed by atoms with van der Waals surface area (Å²) in [5.74, 6) is -0.816.